The van der Waals surface area contributed by atoms with Crippen LogP contribution in [0.2, 0.25) is 5.02 Å². The molecule has 14 heavy (non-hydrogen) atoms. The monoisotopic (exact) mass is 206 g/mol. The van der Waals surface area contributed by atoms with Crippen molar-refractivity contribution >= 4 is 22.4 Å². The number of hydrogen-bond acceptors (Lipinski definition) is 1. The van der Waals surface area contributed by atoms with Crippen molar-refractivity contribution in [2.45, 2.75) is 13.3 Å². The molecule has 0 radical (unpaired) electrons. The molecule has 1 nitrogen and oxygen atoms in total. The molecule has 2 aromatic carbocycles. The van der Waals surface area contributed by atoms with Crippen LogP contribution < -0.4 is 0 Å². The van der Waals surface area contributed by atoms with E-state index >= 15 is 0 Å². The Morgan fingerprint density at radius 3 is 2.71 bits per heavy atom. The maximum absolute atomic E-state index is 9.48. The van der Waals surface area contributed by atoms with Crippen molar-refractivity contribution in [3.05, 3.63) is 40.9 Å². The van der Waals surface area contributed by atoms with Gasteiger partial charge in [-0.1, -0.05) is 24.6 Å². The maximum Gasteiger partial charge on any atom is 0.116 e. The standard InChI is InChI=1S/C12H11ClO/c1-2-8-5-11(14)6-9-3-4-10(13)7-12(8)9/h3-7,14H,2H2,1H3. The lowest BCUT2D eigenvalue weighted by molar-refractivity contribution is 0.475. The molecule has 1 N–H and O–H groups in total. The fourth-order valence-corrected chi connectivity index (χ4v) is 1.85. The zero-order chi connectivity index (χ0) is 10.1. The smallest absolute Gasteiger partial charge is 0.116 e. The van der Waals surface area contributed by atoms with E-state index in [-0.39, 0.29) is 0 Å². The third-order valence-electron chi connectivity index (χ3n) is 2.37. The highest BCUT2D eigenvalue weighted by atomic mass is 35.5. The van der Waals surface area contributed by atoms with E-state index in [0.29, 0.717) is 5.75 Å². The van der Waals surface area contributed by atoms with Gasteiger partial charge in [-0.3, -0.25) is 0 Å². The fraction of sp³-hybridized carbons (Fsp3) is 0.167. The summed E-state index contributed by atoms with van der Waals surface area (Å²) in [6.45, 7) is 2.06. The lowest BCUT2D eigenvalue weighted by Crippen LogP contribution is -1.83. The second-order valence-electron chi connectivity index (χ2n) is 3.32. The summed E-state index contributed by atoms with van der Waals surface area (Å²) < 4.78 is 0. The van der Waals surface area contributed by atoms with Crippen molar-refractivity contribution in [1.29, 1.82) is 0 Å². The van der Waals surface area contributed by atoms with Crippen LogP contribution in [0.1, 0.15) is 12.5 Å². The largest absolute Gasteiger partial charge is 0.508 e. The Morgan fingerprint density at radius 1 is 1.21 bits per heavy atom. The Balaban J connectivity index is 2.81. The van der Waals surface area contributed by atoms with Gasteiger partial charge in [0.2, 0.25) is 0 Å². The van der Waals surface area contributed by atoms with Crippen LogP contribution >= 0.6 is 11.6 Å². The molecule has 0 saturated heterocycles. The Labute approximate surface area is 87.9 Å². The van der Waals surface area contributed by atoms with E-state index in [0.717, 1.165) is 27.8 Å². The number of hydrogen-bond donors (Lipinski definition) is 1. The van der Waals surface area contributed by atoms with Gasteiger partial charge >= 0.3 is 0 Å². The van der Waals surface area contributed by atoms with Gasteiger partial charge in [0, 0.05) is 5.02 Å². The highest BCUT2D eigenvalue weighted by molar-refractivity contribution is 6.31. The van der Waals surface area contributed by atoms with Crippen LogP contribution in [0.3, 0.4) is 0 Å². The molecular weight excluding hydrogens is 196 g/mol. The van der Waals surface area contributed by atoms with E-state index in [2.05, 4.69) is 6.92 Å². The van der Waals surface area contributed by atoms with Crippen molar-refractivity contribution in [2.75, 3.05) is 0 Å². The normalized spacial score (nSPS) is 10.7. The molecule has 0 aliphatic carbocycles. The zero-order valence-corrected chi connectivity index (χ0v) is 8.67. The molecule has 0 saturated carbocycles. The Hall–Kier alpha value is -1.21. The first-order valence-electron chi connectivity index (χ1n) is 4.62. The predicted molar refractivity (Wildman–Crippen MR) is 60.0 cm³/mol. The zero-order valence-electron chi connectivity index (χ0n) is 7.92. The summed E-state index contributed by atoms with van der Waals surface area (Å²) in [6, 6.07) is 9.25. The topological polar surface area (TPSA) is 20.2 Å². The van der Waals surface area contributed by atoms with Crippen LogP contribution in [0.15, 0.2) is 30.3 Å². The van der Waals surface area contributed by atoms with Crippen molar-refractivity contribution in [2.24, 2.45) is 0 Å². The molecule has 0 spiro atoms. The number of aromatic hydroxyl groups is 1. The molecule has 2 rings (SSSR count). The van der Waals surface area contributed by atoms with Crippen LogP contribution in [0.5, 0.6) is 5.75 Å². The molecule has 72 valence electrons. The first-order chi connectivity index (χ1) is 6.70. The SMILES string of the molecule is CCc1cc(O)cc2ccc(Cl)cc12. The summed E-state index contributed by atoms with van der Waals surface area (Å²) in [4.78, 5) is 0. The number of benzene rings is 2. The summed E-state index contributed by atoms with van der Waals surface area (Å²) in [6.07, 6.45) is 0.894. The van der Waals surface area contributed by atoms with Crippen LogP contribution in [0.25, 0.3) is 10.8 Å². The molecule has 2 aromatic rings. The van der Waals surface area contributed by atoms with E-state index < -0.39 is 0 Å². The van der Waals surface area contributed by atoms with Gasteiger partial charge < -0.3 is 5.11 Å². The number of phenols is 1. The average molecular weight is 207 g/mol. The Morgan fingerprint density at radius 2 is 2.00 bits per heavy atom. The van der Waals surface area contributed by atoms with Gasteiger partial charge in [-0.15, -0.1) is 0 Å². The minimum atomic E-state index is 0.316. The number of aryl methyl sites for hydroxylation is 1. The van der Waals surface area contributed by atoms with Crippen molar-refractivity contribution in [3.8, 4) is 5.75 Å². The molecule has 0 bridgehead atoms. The first-order valence-corrected chi connectivity index (χ1v) is 4.99. The fourth-order valence-electron chi connectivity index (χ4n) is 1.68. The van der Waals surface area contributed by atoms with Gasteiger partial charge in [-0.2, -0.15) is 0 Å². The molecule has 2 heteroatoms. The molecule has 0 aromatic heterocycles. The maximum atomic E-state index is 9.48. The Kier molecular flexibility index (Phi) is 2.34. The predicted octanol–water partition coefficient (Wildman–Crippen LogP) is 3.76. The molecule has 0 aliphatic heterocycles. The summed E-state index contributed by atoms with van der Waals surface area (Å²) in [7, 11) is 0. The third-order valence-corrected chi connectivity index (χ3v) is 2.60. The summed E-state index contributed by atoms with van der Waals surface area (Å²) in [5, 5.41) is 12.4. The lowest BCUT2D eigenvalue weighted by atomic mass is 10.0. The van der Waals surface area contributed by atoms with Gasteiger partial charge in [-0.25, -0.2) is 0 Å². The second-order valence-corrected chi connectivity index (χ2v) is 3.76. The summed E-state index contributed by atoms with van der Waals surface area (Å²) >= 11 is 5.92. The quantitative estimate of drug-likeness (QED) is 0.753. The number of rotatable bonds is 1. The molecule has 0 unspecified atom stereocenters. The van der Waals surface area contributed by atoms with E-state index in [1.807, 2.05) is 18.2 Å². The molecular formula is C12H11ClO. The molecule has 0 aliphatic rings. The molecule has 0 heterocycles. The van der Waals surface area contributed by atoms with E-state index in [4.69, 9.17) is 11.6 Å². The number of fused-ring (bicyclic) bond motifs is 1. The highest BCUT2D eigenvalue weighted by Crippen LogP contribution is 2.27. The van der Waals surface area contributed by atoms with Crippen molar-refractivity contribution in [1.82, 2.24) is 0 Å². The first kappa shape index (κ1) is 9.35. The Bertz CT molecular complexity index is 477. The van der Waals surface area contributed by atoms with Crippen LogP contribution in [0.4, 0.5) is 0 Å². The van der Waals surface area contributed by atoms with Gasteiger partial charge in [0.1, 0.15) is 5.75 Å². The van der Waals surface area contributed by atoms with Crippen molar-refractivity contribution in [3.63, 3.8) is 0 Å². The van der Waals surface area contributed by atoms with Gasteiger partial charge in [0.25, 0.3) is 0 Å². The van der Waals surface area contributed by atoms with Crippen molar-refractivity contribution < 1.29 is 5.11 Å². The summed E-state index contributed by atoms with van der Waals surface area (Å²) in [5.41, 5.74) is 1.13. The number of halogens is 1. The van der Waals surface area contributed by atoms with E-state index in [1.165, 1.54) is 0 Å². The van der Waals surface area contributed by atoms with Crippen LogP contribution in [0, 0.1) is 0 Å². The van der Waals surface area contributed by atoms with E-state index in [9.17, 15) is 5.11 Å². The van der Waals surface area contributed by atoms with Gasteiger partial charge in [-0.05, 0) is 47.0 Å². The highest BCUT2D eigenvalue weighted by Gasteiger charge is 2.02. The minimum Gasteiger partial charge on any atom is -0.508 e. The molecule has 0 fully saturated rings. The van der Waals surface area contributed by atoms with Gasteiger partial charge in [0.05, 0.1) is 0 Å². The number of phenolic OH excluding ortho intramolecular Hbond substituents is 1. The summed E-state index contributed by atoms with van der Waals surface area (Å²) in [5.74, 6) is 0.316. The lowest BCUT2D eigenvalue weighted by Gasteiger charge is -2.05. The molecule has 0 atom stereocenters. The van der Waals surface area contributed by atoms with Gasteiger partial charge in [0.15, 0.2) is 0 Å². The second kappa shape index (κ2) is 3.50. The molecule has 0 amide bonds. The van der Waals surface area contributed by atoms with Crippen LogP contribution in [-0.2, 0) is 6.42 Å². The third kappa shape index (κ3) is 1.55. The van der Waals surface area contributed by atoms with E-state index in [1.54, 1.807) is 12.1 Å². The van der Waals surface area contributed by atoms with Crippen LogP contribution in [-0.4, -0.2) is 5.11 Å². The minimum absolute atomic E-state index is 0.316. The average Bonchev–Trinajstić information content (AvgIpc) is 2.17.